The van der Waals surface area contributed by atoms with Crippen LogP contribution in [0.5, 0.6) is 0 Å². The number of esters is 3. The molecule has 0 aliphatic rings. The molecule has 6 heteroatoms. The molecule has 0 amide bonds. The highest BCUT2D eigenvalue weighted by Gasteiger charge is 2.35. The van der Waals surface area contributed by atoms with Gasteiger partial charge in [0, 0.05) is 5.92 Å². The zero-order valence-corrected chi connectivity index (χ0v) is 14.3. The van der Waals surface area contributed by atoms with Crippen LogP contribution < -0.4 is 0 Å². The van der Waals surface area contributed by atoms with E-state index in [4.69, 9.17) is 14.2 Å². The average Bonchev–Trinajstić information content (AvgIpc) is 2.59. The van der Waals surface area contributed by atoms with E-state index < -0.39 is 29.7 Å². The SMILES string of the molecule is CCOC(=O)CC(C(=O)OCC)C(CC(=O)OC)c1ccccc1. The van der Waals surface area contributed by atoms with Crippen molar-refractivity contribution >= 4 is 17.9 Å². The molecular weight excluding hydrogens is 312 g/mol. The number of carbonyl (C=O) groups is 3. The fraction of sp³-hybridized carbons (Fsp3) is 0.500. The maximum atomic E-state index is 12.4. The molecular formula is C18H24O6. The van der Waals surface area contributed by atoms with Crippen molar-refractivity contribution in [3.8, 4) is 0 Å². The molecule has 2 unspecified atom stereocenters. The smallest absolute Gasteiger partial charge is 0.310 e. The minimum Gasteiger partial charge on any atom is -0.469 e. The van der Waals surface area contributed by atoms with Crippen LogP contribution in [0.1, 0.15) is 38.2 Å². The van der Waals surface area contributed by atoms with E-state index in [0.29, 0.717) is 0 Å². The summed E-state index contributed by atoms with van der Waals surface area (Å²) in [5, 5.41) is 0. The van der Waals surface area contributed by atoms with Gasteiger partial charge in [0.1, 0.15) is 0 Å². The zero-order valence-electron chi connectivity index (χ0n) is 14.3. The third-order valence-corrected chi connectivity index (χ3v) is 3.61. The summed E-state index contributed by atoms with van der Waals surface area (Å²) in [5.41, 5.74) is 0.769. The number of rotatable bonds is 9. The lowest BCUT2D eigenvalue weighted by Crippen LogP contribution is -2.29. The summed E-state index contributed by atoms with van der Waals surface area (Å²) in [6.45, 7) is 3.80. The van der Waals surface area contributed by atoms with E-state index in [1.807, 2.05) is 30.3 Å². The highest BCUT2D eigenvalue weighted by molar-refractivity contribution is 5.82. The van der Waals surface area contributed by atoms with Crippen LogP contribution in [0.3, 0.4) is 0 Å². The molecule has 132 valence electrons. The first-order valence-electron chi connectivity index (χ1n) is 7.97. The average molecular weight is 336 g/mol. The van der Waals surface area contributed by atoms with Gasteiger partial charge in [-0.2, -0.15) is 0 Å². The summed E-state index contributed by atoms with van der Waals surface area (Å²) in [6, 6.07) is 9.08. The molecule has 1 aromatic carbocycles. The van der Waals surface area contributed by atoms with Gasteiger partial charge in [0.2, 0.25) is 0 Å². The zero-order chi connectivity index (χ0) is 17.9. The van der Waals surface area contributed by atoms with Crippen LogP contribution in [0, 0.1) is 5.92 Å². The van der Waals surface area contributed by atoms with Crippen LogP contribution >= 0.6 is 0 Å². The summed E-state index contributed by atoms with van der Waals surface area (Å²) in [5.74, 6) is -2.82. The second-order valence-electron chi connectivity index (χ2n) is 5.17. The summed E-state index contributed by atoms with van der Waals surface area (Å²) in [4.78, 5) is 36.1. The van der Waals surface area contributed by atoms with Gasteiger partial charge in [-0.05, 0) is 19.4 Å². The van der Waals surface area contributed by atoms with Crippen molar-refractivity contribution in [2.75, 3.05) is 20.3 Å². The third kappa shape index (κ3) is 6.02. The molecule has 1 rings (SSSR count). The van der Waals surface area contributed by atoms with Crippen molar-refractivity contribution in [3.63, 3.8) is 0 Å². The maximum Gasteiger partial charge on any atom is 0.310 e. The van der Waals surface area contributed by atoms with Crippen molar-refractivity contribution in [1.82, 2.24) is 0 Å². The minimum atomic E-state index is -0.814. The number of hydrogen-bond donors (Lipinski definition) is 0. The molecule has 1 aromatic rings. The van der Waals surface area contributed by atoms with E-state index in [1.165, 1.54) is 7.11 Å². The minimum absolute atomic E-state index is 0.0244. The predicted molar refractivity (Wildman–Crippen MR) is 87.2 cm³/mol. The van der Waals surface area contributed by atoms with Crippen LogP contribution in [0.25, 0.3) is 0 Å². The monoisotopic (exact) mass is 336 g/mol. The standard InChI is InChI=1S/C18H24O6/c1-4-23-17(20)12-15(18(21)24-5-2)14(11-16(19)22-3)13-9-7-6-8-10-13/h6-10,14-15H,4-5,11-12H2,1-3H3. The number of methoxy groups -OCH3 is 1. The van der Waals surface area contributed by atoms with Crippen molar-refractivity contribution < 1.29 is 28.6 Å². The topological polar surface area (TPSA) is 78.9 Å². The van der Waals surface area contributed by atoms with E-state index in [1.54, 1.807) is 13.8 Å². The van der Waals surface area contributed by atoms with Gasteiger partial charge in [-0.1, -0.05) is 30.3 Å². The molecule has 0 saturated carbocycles. The first-order chi connectivity index (χ1) is 11.5. The fourth-order valence-corrected chi connectivity index (χ4v) is 2.49. The van der Waals surface area contributed by atoms with Gasteiger partial charge in [-0.15, -0.1) is 0 Å². The summed E-state index contributed by atoms with van der Waals surface area (Å²) >= 11 is 0. The lowest BCUT2D eigenvalue weighted by molar-refractivity contribution is -0.156. The van der Waals surface area contributed by atoms with Gasteiger partial charge in [0.25, 0.3) is 0 Å². The number of benzene rings is 1. The maximum absolute atomic E-state index is 12.4. The second-order valence-corrected chi connectivity index (χ2v) is 5.17. The van der Waals surface area contributed by atoms with Gasteiger partial charge in [0.15, 0.2) is 0 Å². The molecule has 0 aromatic heterocycles. The van der Waals surface area contributed by atoms with Gasteiger partial charge in [-0.3, -0.25) is 14.4 Å². The predicted octanol–water partition coefficient (Wildman–Crippen LogP) is 2.47. The Balaban J connectivity index is 3.14. The van der Waals surface area contributed by atoms with Gasteiger partial charge >= 0.3 is 17.9 Å². The van der Waals surface area contributed by atoms with Crippen molar-refractivity contribution in [2.24, 2.45) is 5.92 Å². The fourth-order valence-electron chi connectivity index (χ4n) is 2.49. The quantitative estimate of drug-likeness (QED) is 0.509. The van der Waals surface area contributed by atoms with Crippen LogP contribution in [0.2, 0.25) is 0 Å². The van der Waals surface area contributed by atoms with Gasteiger partial charge in [0.05, 0.1) is 39.1 Å². The molecule has 0 radical (unpaired) electrons. The van der Waals surface area contributed by atoms with Crippen molar-refractivity contribution in [2.45, 2.75) is 32.6 Å². The molecule has 0 bridgehead atoms. The summed E-state index contributed by atoms with van der Waals surface area (Å²) in [6.07, 6.45) is -0.174. The summed E-state index contributed by atoms with van der Waals surface area (Å²) < 4.78 is 14.8. The molecule has 6 nitrogen and oxygen atoms in total. The Kier molecular flexibility index (Phi) is 8.54. The molecule has 0 saturated heterocycles. The van der Waals surface area contributed by atoms with E-state index in [2.05, 4.69) is 0 Å². The Bertz CT molecular complexity index is 540. The second kappa shape index (κ2) is 10.4. The number of ether oxygens (including phenoxy) is 3. The van der Waals surface area contributed by atoms with Crippen LogP contribution in [0.4, 0.5) is 0 Å². The van der Waals surface area contributed by atoms with Crippen molar-refractivity contribution in [1.29, 1.82) is 0 Å². The van der Waals surface area contributed by atoms with E-state index in [-0.39, 0.29) is 26.1 Å². The first kappa shape index (κ1) is 19.7. The van der Waals surface area contributed by atoms with E-state index in [0.717, 1.165) is 5.56 Å². The number of carbonyl (C=O) groups excluding carboxylic acids is 3. The highest BCUT2D eigenvalue weighted by Crippen LogP contribution is 2.32. The van der Waals surface area contributed by atoms with Crippen LogP contribution in [0.15, 0.2) is 30.3 Å². The molecule has 24 heavy (non-hydrogen) atoms. The van der Waals surface area contributed by atoms with Gasteiger partial charge in [-0.25, -0.2) is 0 Å². The Morgan fingerprint density at radius 1 is 0.917 bits per heavy atom. The van der Waals surface area contributed by atoms with E-state index in [9.17, 15) is 14.4 Å². The van der Waals surface area contributed by atoms with E-state index >= 15 is 0 Å². The molecule has 0 N–H and O–H groups in total. The molecule has 2 atom stereocenters. The molecule has 0 spiro atoms. The van der Waals surface area contributed by atoms with Crippen LogP contribution in [-0.4, -0.2) is 38.2 Å². The molecule has 0 heterocycles. The lowest BCUT2D eigenvalue weighted by Gasteiger charge is -2.24. The molecule has 0 fully saturated rings. The Morgan fingerprint density at radius 2 is 1.54 bits per heavy atom. The summed E-state index contributed by atoms with van der Waals surface area (Å²) in [7, 11) is 1.29. The number of hydrogen-bond acceptors (Lipinski definition) is 6. The molecule has 0 aliphatic carbocycles. The Labute approximate surface area is 142 Å². The largest absolute Gasteiger partial charge is 0.469 e. The first-order valence-corrected chi connectivity index (χ1v) is 7.97. The molecule has 0 aliphatic heterocycles. The third-order valence-electron chi connectivity index (χ3n) is 3.61. The Hall–Kier alpha value is -2.37. The van der Waals surface area contributed by atoms with Crippen molar-refractivity contribution in [3.05, 3.63) is 35.9 Å². The lowest BCUT2D eigenvalue weighted by atomic mass is 9.81. The van der Waals surface area contributed by atoms with Gasteiger partial charge < -0.3 is 14.2 Å². The normalized spacial score (nSPS) is 12.8. The highest BCUT2D eigenvalue weighted by atomic mass is 16.5. The Morgan fingerprint density at radius 3 is 2.08 bits per heavy atom. The van der Waals surface area contributed by atoms with Crippen LogP contribution in [-0.2, 0) is 28.6 Å².